The van der Waals surface area contributed by atoms with Crippen LogP contribution in [0.15, 0.2) is 12.2 Å². The lowest BCUT2D eigenvalue weighted by molar-refractivity contribution is -0.122. The molecule has 0 aliphatic carbocycles. The number of rotatable bonds is 10. The number of hydrogen-bond acceptors (Lipinski definition) is 3. The Morgan fingerprint density at radius 1 is 1.28 bits per heavy atom. The fourth-order valence-electron chi connectivity index (χ4n) is 1.63. The summed E-state index contributed by atoms with van der Waals surface area (Å²) in [6.45, 7) is 3.80. The van der Waals surface area contributed by atoms with Crippen LogP contribution in [-0.4, -0.2) is 34.9 Å². The molecule has 0 saturated carbocycles. The number of unbranched alkanes of at least 4 members (excludes halogenated alkanes) is 3. The molecule has 3 N–H and O–H groups in total. The topological polar surface area (TPSA) is 69.6 Å². The molecular formula is C14H27NO3. The van der Waals surface area contributed by atoms with Crippen molar-refractivity contribution in [2.24, 2.45) is 0 Å². The molecule has 0 rings (SSSR count). The molecule has 0 radical (unpaired) electrons. The number of hydrogen-bond donors (Lipinski definition) is 3. The molecule has 2 atom stereocenters. The lowest BCUT2D eigenvalue weighted by atomic mass is 10.1. The predicted molar refractivity (Wildman–Crippen MR) is 73.2 cm³/mol. The van der Waals surface area contributed by atoms with E-state index in [0.29, 0.717) is 6.42 Å². The van der Waals surface area contributed by atoms with Gasteiger partial charge in [-0.15, -0.1) is 0 Å². The van der Waals surface area contributed by atoms with E-state index in [1.54, 1.807) is 6.08 Å². The summed E-state index contributed by atoms with van der Waals surface area (Å²) in [7, 11) is 0. The van der Waals surface area contributed by atoms with Gasteiger partial charge in [0.15, 0.2) is 0 Å². The van der Waals surface area contributed by atoms with E-state index in [0.717, 1.165) is 19.3 Å². The fourth-order valence-corrected chi connectivity index (χ4v) is 1.63. The molecule has 0 spiro atoms. The Hall–Kier alpha value is -0.870. The van der Waals surface area contributed by atoms with Gasteiger partial charge in [-0.05, 0) is 19.3 Å². The van der Waals surface area contributed by atoms with Gasteiger partial charge in [0.2, 0.25) is 5.91 Å². The van der Waals surface area contributed by atoms with Gasteiger partial charge in [0.25, 0.3) is 0 Å². The Kier molecular flexibility index (Phi) is 10.7. The SMILES string of the molecule is CCCCC/C=C/C(O)C(CO)NC(=O)CCC. The average Bonchev–Trinajstić information content (AvgIpc) is 2.35. The van der Waals surface area contributed by atoms with Gasteiger partial charge in [-0.3, -0.25) is 4.79 Å². The lowest BCUT2D eigenvalue weighted by Gasteiger charge is -2.19. The second-order valence-electron chi connectivity index (χ2n) is 4.52. The average molecular weight is 257 g/mol. The van der Waals surface area contributed by atoms with Crippen molar-refractivity contribution in [3.8, 4) is 0 Å². The van der Waals surface area contributed by atoms with Gasteiger partial charge < -0.3 is 15.5 Å². The summed E-state index contributed by atoms with van der Waals surface area (Å²) < 4.78 is 0. The van der Waals surface area contributed by atoms with Gasteiger partial charge in [-0.25, -0.2) is 0 Å². The molecule has 0 aliphatic rings. The Labute approximate surface area is 110 Å². The van der Waals surface area contributed by atoms with E-state index < -0.39 is 12.1 Å². The Morgan fingerprint density at radius 3 is 2.56 bits per heavy atom. The van der Waals surface area contributed by atoms with Crippen molar-refractivity contribution in [3.63, 3.8) is 0 Å². The number of aliphatic hydroxyl groups excluding tert-OH is 2. The molecule has 4 nitrogen and oxygen atoms in total. The van der Waals surface area contributed by atoms with Gasteiger partial charge >= 0.3 is 0 Å². The first-order valence-electron chi connectivity index (χ1n) is 6.90. The van der Waals surface area contributed by atoms with Crippen LogP contribution < -0.4 is 5.32 Å². The number of nitrogens with one attached hydrogen (secondary N) is 1. The zero-order chi connectivity index (χ0) is 13.8. The largest absolute Gasteiger partial charge is 0.394 e. The molecule has 0 aliphatic heterocycles. The molecule has 106 valence electrons. The van der Waals surface area contributed by atoms with Crippen LogP contribution in [0.4, 0.5) is 0 Å². The predicted octanol–water partition coefficient (Wildman–Crippen LogP) is 1.76. The van der Waals surface area contributed by atoms with Crippen LogP contribution in [0.5, 0.6) is 0 Å². The highest BCUT2D eigenvalue weighted by atomic mass is 16.3. The highest BCUT2D eigenvalue weighted by Gasteiger charge is 2.17. The van der Waals surface area contributed by atoms with Crippen LogP contribution in [-0.2, 0) is 4.79 Å². The standard InChI is InChI=1S/C14H27NO3/c1-3-5-6-7-8-10-13(17)12(11-16)15-14(18)9-4-2/h8,10,12-13,16-17H,3-7,9,11H2,1-2H3,(H,15,18)/b10-8+. The molecule has 4 heteroatoms. The molecule has 1 amide bonds. The lowest BCUT2D eigenvalue weighted by Crippen LogP contribution is -2.45. The second kappa shape index (κ2) is 11.2. The van der Waals surface area contributed by atoms with E-state index in [1.165, 1.54) is 12.8 Å². The van der Waals surface area contributed by atoms with Crippen LogP contribution in [0.1, 0.15) is 52.4 Å². The summed E-state index contributed by atoms with van der Waals surface area (Å²) in [6.07, 6.45) is 8.29. The molecule has 0 saturated heterocycles. The highest BCUT2D eigenvalue weighted by Crippen LogP contribution is 2.02. The third-order valence-corrected chi connectivity index (χ3v) is 2.74. The van der Waals surface area contributed by atoms with Crippen molar-refractivity contribution in [1.82, 2.24) is 5.32 Å². The summed E-state index contributed by atoms with van der Waals surface area (Å²) >= 11 is 0. The van der Waals surface area contributed by atoms with E-state index in [2.05, 4.69) is 12.2 Å². The van der Waals surface area contributed by atoms with Crippen LogP contribution in [0.25, 0.3) is 0 Å². The molecule has 18 heavy (non-hydrogen) atoms. The van der Waals surface area contributed by atoms with Crippen molar-refractivity contribution in [2.45, 2.75) is 64.5 Å². The molecule has 0 fully saturated rings. The van der Waals surface area contributed by atoms with Gasteiger partial charge in [0.05, 0.1) is 18.8 Å². The Bertz CT molecular complexity index is 241. The molecule has 0 aromatic heterocycles. The zero-order valence-electron chi connectivity index (χ0n) is 11.6. The van der Waals surface area contributed by atoms with E-state index in [-0.39, 0.29) is 12.5 Å². The van der Waals surface area contributed by atoms with E-state index in [4.69, 9.17) is 5.11 Å². The summed E-state index contributed by atoms with van der Waals surface area (Å²) in [4.78, 5) is 11.4. The van der Waals surface area contributed by atoms with E-state index in [1.807, 2.05) is 13.0 Å². The molecule has 0 bridgehead atoms. The maximum absolute atomic E-state index is 11.4. The summed E-state index contributed by atoms with van der Waals surface area (Å²) in [5, 5.41) is 21.6. The summed E-state index contributed by atoms with van der Waals surface area (Å²) in [6, 6.07) is -0.605. The van der Waals surface area contributed by atoms with Crippen molar-refractivity contribution in [1.29, 1.82) is 0 Å². The first-order chi connectivity index (χ1) is 8.65. The maximum atomic E-state index is 11.4. The van der Waals surface area contributed by atoms with Crippen molar-refractivity contribution >= 4 is 5.91 Å². The molecule has 2 unspecified atom stereocenters. The molecule has 0 heterocycles. The normalized spacial score (nSPS) is 14.7. The smallest absolute Gasteiger partial charge is 0.220 e. The number of allylic oxidation sites excluding steroid dienone is 1. The van der Waals surface area contributed by atoms with Crippen LogP contribution in [0.3, 0.4) is 0 Å². The monoisotopic (exact) mass is 257 g/mol. The number of carbonyl (C=O) groups is 1. The minimum atomic E-state index is -0.822. The Balaban J connectivity index is 4.01. The summed E-state index contributed by atoms with van der Waals surface area (Å²) in [5.41, 5.74) is 0. The van der Waals surface area contributed by atoms with Gasteiger partial charge in [-0.1, -0.05) is 38.8 Å². The highest BCUT2D eigenvalue weighted by molar-refractivity contribution is 5.76. The first kappa shape index (κ1) is 17.1. The third kappa shape index (κ3) is 8.25. The third-order valence-electron chi connectivity index (χ3n) is 2.74. The van der Waals surface area contributed by atoms with Gasteiger partial charge in [-0.2, -0.15) is 0 Å². The molecule has 0 aromatic carbocycles. The maximum Gasteiger partial charge on any atom is 0.220 e. The first-order valence-corrected chi connectivity index (χ1v) is 6.90. The minimum Gasteiger partial charge on any atom is -0.394 e. The number of aliphatic hydroxyl groups is 2. The van der Waals surface area contributed by atoms with Crippen molar-refractivity contribution < 1.29 is 15.0 Å². The Morgan fingerprint density at radius 2 is 2.00 bits per heavy atom. The molecular weight excluding hydrogens is 230 g/mol. The van der Waals surface area contributed by atoms with Gasteiger partial charge in [0.1, 0.15) is 0 Å². The van der Waals surface area contributed by atoms with Crippen molar-refractivity contribution in [3.05, 3.63) is 12.2 Å². The van der Waals surface area contributed by atoms with Crippen LogP contribution in [0, 0.1) is 0 Å². The minimum absolute atomic E-state index is 0.130. The van der Waals surface area contributed by atoms with E-state index >= 15 is 0 Å². The zero-order valence-corrected chi connectivity index (χ0v) is 11.6. The van der Waals surface area contributed by atoms with Crippen molar-refractivity contribution in [2.75, 3.05) is 6.61 Å². The van der Waals surface area contributed by atoms with E-state index in [9.17, 15) is 9.90 Å². The number of carbonyl (C=O) groups excluding carboxylic acids is 1. The van der Waals surface area contributed by atoms with Gasteiger partial charge in [0, 0.05) is 6.42 Å². The fraction of sp³-hybridized carbons (Fsp3) is 0.786. The number of amides is 1. The quantitative estimate of drug-likeness (QED) is 0.412. The van der Waals surface area contributed by atoms with Crippen LogP contribution in [0.2, 0.25) is 0 Å². The second-order valence-corrected chi connectivity index (χ2v) is 4.52. The van der Waals surface area contributed by atoms with Crippen LogP contribution >= 0.6 is 0 Å². The summed E-state index contributed by atoms with van der Waals surface area (Å²) in [5.74, 6) is -0.130. The molecule has 0 aromatic rings.